The minimum absolute atomic E-state index is 0.0254. The number of hydrogen-bond donors (Lipinski definition) is 1. The first-order valence-electron chi connectivity index (χ1n) is 7.52. The lowest BCUT2D eigenvalue weighted by molar-refractivity contribution is 0.418. The summed E-state index contributed by atoms with van der Waals surface area (Å²) in [5.41, 5.74) is 0.657. The van der Waals surface area contributed by atoms with Gasteiger partial charge in [0.1, 0.15) is 0 Å². The lowest BCUT2D eigenvalue weighted by atomic mass is 10.1. The Morgan fingerprint density at radius 3 is 2.30 bits per heavy atom. The number of hydrogen-bond acceptors (Lipinski definition) is 3. The molecule has 3 nitrogen and oxygen atoms in total. The minimum atomic E-state index is -0.189. The molecule has 0 aliphatic heterocycles. The molecule has 0 aliphatic rings. The van der Waals surface area contributed by atoms with Gasteiger partial charge in [0.25, 0.3) is 0 Å². The Labute approximate surface area is 122 Å². The monoisotopic (exact) mass is 281 g/mol. The molecular formula is C16H28FN3. The molecule has 1 aromatic rings. The van der Waals surface area contributed by atoms with Gasteiger partial charge in [0.2, 0.25) is 0 Å². The molecule has 1 N–H and O–H groups in total. The van der Waals surface area contributed by atoms with Gasteiger partial charge in [-0.1, -0.05) is 13.8 Å². The molecule has 0 atom stereocenters. The molecule has 1 heterocycles. The van der Waals surface area contributed by atoms with Crippen LogP contribution < -0.4 is 10.2 Å². The van der Waals surface area contributed by atoms with Crippen molar-refractivity contribution >= 4 is 5.82 Å². The highest BCUT2D eigenvalue weighted by molar-refractivity contribution is 5.43. The van der Waals surface area contributed by atoms with Gasteiger partial charge in [0.15, 0.2) is 11.6 Å². The SMILES string of the molecule is CCCN(CCC)c1nccc(CNC(C)(C)C)c1F. The Morgan fingerprint density at radius 1 is 1.20 bits per heavy atom. The molecule has 0 fully saturated rings. The Bertz CT molecular complexity index is 407. The van der Waals surface area contributed by atoms with E-state index in [-0.39, 0.29) is 11.4 Å². The number of aromatic nitrogens is 1. The fourth-order valence-corrected chi connectivity index (χ4v) is 2.05. The standard InChI is InChI=1S/C16H28FN3/c1-6-10-20(11-7-2)15-14(17)13(8-9-18-15)12-19-16(3,4)5/h8-9,19H,6-7,10-12H2,1-5H3. The summed E-state index contributed by atoms with van der Waals surface area (Å²) in [5, 5.41) is 3.32. The van der Waals surface area contributed by atoms with Gasteiger partial charge in [0.05, 0.1) is 0 Å². The molecule has 0 amide bonds. The fourth-order valence-electron chi connectivity index (χ4n) is 2.05. The van der Waals surface area contributed by atoms with Crippen molar-refractivity contribution in [2.45, 2.75) is 59.5 Å². The summed E-state index contributed by atoms with van der Waals surface area (Å²) in [6.45, 7) is 12.6. The van der Waals surface area contributed by atoms with E-state index in [4.69, 9.17) is 0 Å². The van der Waals surface area contributed by atoms with E-state index in [1.165, 1.54) is 0 Å². The minimum Gasteiger partial charge on any atom is -0.354 e. The number of halogens is 1. The van der Waals surface area contributed by atoms with E-state index in [9.17, 15) is 4.39 Å². The summed E-state index contributed by atoms with van der Waals surface area (Å²) in [6, 6.07) is 1.76. The molecule has 0 aromatic carbocycles. The fraction of sp³-hybridized carbons (Fsp3) is 0.688. The molecule has 0 bridgehead atoms. The molecule has 0 radical (unpaired) electrons. The smallest absolute Gasteiger partial charge is 0.170 e. The molecule has 114 valence electrons. The van der Waals surface area contributed by atoms with E-state index in [2.05, 4.69) is 44.9 Å². The molecule has 0 unspecified atom stereocenters. The summed E-state index contributed by atoms with van der Waals surface area (Å²) in [4.78, 5) is 6.28. The summed E-state index contributed by atoms with van der Waals surface area (Å²) in [6.07, 6.45) is 3.69. The van der Waals surface area contributed by atoms with Gasteiger partial charge in [-0.05, 0) is 39.7 Å². The molecule has 1 aromatic heterocycles. The van der Waals surface area contributed by atoms with Gasteiger partial charge in [-0.2, -0.15) is 0 Å². The predicted molar refractivity (Wildman–Crippen MR) is 83.6 cm³/mol. The van der Waals surface area contributed by atoms with Crippen LogP contribution in [0, 0.1) is 5.82 Å². The van der Waals surface area contributed by atoms with Crippen molar-refractivity contribution in [2.24, 2.45) is 0 Å². The maximum Gasteiger partial charge on any atom is 0.170 e. The zero-order valence-electron chi connectivity index (χ0n) is 13.5. The zero-order valence-corrected chi connectivity index (χ0v) is 13.5. The van der Waals surface area contributed by atoms with Gasteiger partial charge >= 0.3 is 0 Å². The first-order chi connectivity index (χ1) is 9.39. The van der Waals surface area contributed by atoms with Crippen LogP contribution in [0.25, 0.3) is 0 Å². The molecule has 4 heteroatoms. The highest BCUT2D eigenvalue weighted by Gasteiger charge is 2.16. The van der Waals surface area contributed by atoms with Crippen LogP contribution in [0.5, 0.6) is 0 Å². The Hall–Kier alpha value is -1.16. The van der Waals surface area contributed by atoms with Gasteiger partial charge in [-0.25, -0.2) is 9.37 Å². The highest BCUT2D eigenvalue weighted by atomic mass is 19.1. The van der Waals surface area contributed by atoms with Crippen LogP contribution in [0.1, 0.15) is 53.0 Å². The molecule has 20 heavy (non-hydrogen) atoms. The van der Waals surface area contributed by atoms with Crippen molar-refractivity contribution in [3.05, 3.63) is 23.6 Å². The summed E-state index contributed by atoms with van der Waals surface area (Å²) in [7, 11) is 0. The number of nitrogens with zero attached hydrogens (tertiary/aromatic N) is 2. The molecule has 0 spiro atoms. The zero-order chi connectivity index (χ0) is 15.2. The third-order valence-electron chi connectivity index (χ3n) is 3.05. The van der Waals surface area contributed by atoms with Crippen LogP contribution in [-0.2, 0) is 6.54 Å². The van der Waals surface area contributed by atoms with Crippen molar-refractivity contribution in [2.75, 3.05) is 18.0 Å². The molecule has 0 aliphatic carbocycles. The Morgan fingerprint density at radius 2 is 1.80 bits per heavy atom. The van der Waals surface area contributed by atoms with Crippen LogP contribution in [-0.4, -0.2) is 23.6 Å². The maximum absolute atomic E-state index is 14.6. The highest BCUT2D eigenvalue weighted by Crippen LogP contribution is 2.20. The van der Waals surface area contributed by atoms with Gasteiger partial charge in [-0.15, -0.1) is 0 Å². The quantitative estimate of drug-likeness (QED) is 0.825. The van der Waals surface area contributed by atoms with Crippen molar-refractivity contribution in [3.63, 3.8) is 0 Å². The lowest BCUT2D eigenvalue weighted by Crippen LogP contribution is -2.35. The van der Waals surface area contributed by atoms with Crippen molar-refractivity contribution < 1.29 is 4.39 Å². The topological polar surface area (TPSA) is 28.2 Å². The van der Waals surface area contributed by atoms with Gasteiger partial charge < -0.3 is 10.2 Å². The van der Waals surface area contributed by atoms with E-state index in [1.54, 1.807) is 12.3 Å². The van der Waals surface area contributed by atoms with E-state index in [1.807, 2.05) is 4.90 Å². The van der Waals surface area contributed by atoms with E-state index < -0.39 is 0 Å². The predicted octanol–water partition coefficient (Wildman–Crippen LogP) is 3.74. The van der Waals surface area contributed by atoms with E-state index in [0.717, 1.165) is 25.9 Å². The summed E-state index contributed by atoms with van der Waals surface area (Å²) in [5.74, 6) is 0.299. The summed E-state index contributed by atoms with van der Waals surface area (Å²) >= 11 is 0. The first-order valence-corrected chi connectivity index (χ1v) is 7.52. The van der Waals surface area contributed by atoms with Crippen molar-refractivity contribution in [1.82, 2.24) is 10.3 Å². The van der Waals surface area contributed by atoms with Gasteiger partial charge in [-0.3, -0.25) is 0 Å². The largest absolute Gasteiger partial charge is 0.354 e. The second-order valence-electron chi connectivity index (χ2n) is 6.20. The maximum atomic E-state index is 14.6. The average Bonchev–Trinajstić information content (AvgIpc) is 2.36. The third-order valence-corrected chi connectivity index (χ3v) is 3.05. The van der Waals surface area contributed by atoms with Crippen LogP contribution >= 0.6 is 0 Å². The average molecular weight is 281 g/mol. The number of pyridine rings is 1. The first kappa shape index (κ1) is 16.9. The molecule has 0 saturated carbocycles. The molecular weight excluding hydrogens is 253 g/mol. The molecule has 0 saturated heterocycles. The Kier molecular flexibility index (Phi) is 6.40. The Balaban J connectivity index is 2.92. The van der Waals surface area contributed by atoms with E-state index >= 15 is 0 Å². The van der Waals surface area contributed by atoms with Crippen molar-refractivity contribution in [3.8, 4) is 0 Å². The van der Waals surface area contributed by atoms with Crippen LogP contribution in [0.2, 0.25) is 0 Å². The van der Waals surface area contributed by atoms with E-state index in [0.29, 0.717) is 17.9 Å². The summed E-state index contributed by atoms with van der Waals surface area (Å²) < 4.78 is 14.6. The second kappa shape index (κ2) is 7.58. The van der Waals surface area contributed by atoms with Crippen LogP contribution in [0.15, 0.2) is 12.3 Å². The van der Waals surface area contributed by atoms with Crippen LogP contribution in [0.4, 0.5) is 10.2 Å². The normalized spacial score (nSPS) is 11.7. The van der Waals surface area contributed by atoms with Crippen molar-refractivity contribution in [1.29, 1.82) is 0 Å². The number of anilines is 1. The third kappa shape index (κ3) is 5.08. The number of rotatable bonds is 7. The number of nitrogens with one attached hydrogen (secondary N) is 1. The molecule has 1 rings (SSSR count). The second-order valence-corrected chi connectivity index (χ2v) is 6.20. The van der Waals surface area contributed by atoms with Gasteiger partial charge in [0, 0.05) is 36.9 Å². The lowest BCUT2D eigenvalue weighted by Gasteiger charge is -2.25. The van der Waals surface area contributed by atoms with Crippen LogP contribution in [0.3, 0.4) is 0 Å².